The molecule has 1 aliphatic heterocycles. The lowest BCUT2D eigenvalue weighted by atomic mass is 9.97. The molecule has 3 nitrogen and oxygen atoms in total. The molecule has 0 saturated heterocycles. The largest absolute Gasteiger partial charge is 0.486 e. The summed E-state index contributed by atoms with van der Waals surface area (Å²) in [7, 11) is 0. The molecular weight excluding hydrogens is 238 g/mol. The van der Waals surface area contributed by atoms with Gasteiger partial charge in [0.15, 0.2) is 11.5 Å². The molecule has 3 heteroatoms. The van der Waals surface area contributed by atoms with E-state index in [1.54, 1.807) is 0 Å². The number of benzene rings is 1. The standard InChI is InChI=1S/C16H21NO2/c1-2-17-16(12-5-3-4-6-12)13-7-8-14-15(11-13)19-10-9-18-14/h5,7-8,11,16-17H,2-4,6,9-10H2,1H3. The van der Waals surface area contributed by atoms with Crippen LogP contribution >= 0.6 is 0 Å². The fourth-order valence-corrected chi connectivity index (χ4v) is 2.86. The van der Waals surface area contributed by atoms with Gasteiger partial charge in [0, 0.05) is 0 Å². The number of allylic oxidation sites excluding steroid dienone is 1. The molecule has 0 aromatic heterocycles. The number of hydrogen-bond donors (Lipinski definition) is 1. The van der Waals surface area contributed by atoms with Crippen LogP contribution in [0, 0.1) is 0 Å². The summed E-state index contributed by atoms with van der Waals surface area (Å²) in [6.07, 6.45) is 6.07. The van der Waals surface area contributed by atoms with Crippen LogP contribution in [0.2, 0.25) is 0 Å². The molecular formula is C16H21NO2. The molecule has 102 valence electrons. The summed E-state index contributed by atoms with van der Waals surface area (Å²) in [6, 6.07) is 6.63. The molecule has 1 aromatic carbocycles. The Morgan fingerprint density at radius 3 is 2.79 bits per heavy atom. The van der Waals surface area contributed by atoms with Crippen LogP contribution in [-0.2, 0) is 0 Å². The smallest absolute Gasteiger partial charge is 0.161 e. The van der Waals surface area contributed by atoms with Gasteiger partial charge >= 0.3 is 0 Å². The second kappa shape index (κ2) is 5.66. The number of hydrogen-bond acceptors (Lipinski definition) is 3. The summed E-state index contributed by atoms with van der Waals surface area (Å²) in [6.45, 7) is 4.41. The van der Waals surface area contributed by atoms with Gasteiger partial charge in [0.1, 0.15) is 13.2 Å². The van der Waals surface area contributed by atoms with E-state index in [1.165, 1.54) is 30.4 Å². The summed E-state index contributed by atoms with van der Waals surface area (Å²) < 4.78 is 11.3. The van der Waals surface area contributed by atoms with Gasteiger partial charge in [0.05, 0.1) is 6.04 Å². The van der Waals surface area contributed by atoms with Gasteiger partial charge in [-0.3, -0.25) is 0 Å². The topological polar surface area (TPSA) is 30.5 Å². The predicted octanol–water partition coefficient (Wildman–Crippen LogP) is 3.22. The molecule has 1 N–H and O–H groups in total. The highest BCUT2D eigenvalue weighted by atomic mass is 16.6. The lowest BCUT2D eigenvalue weighted by molar-refractivity contribution is 0.171. The first kappa shape index (κ1) is 12.5. The van der Waals surface area contributed by atoms with E-state index in [0.29, 0.717) is 19.3 Å². The average molecular weight is 259 g/mol. The maximum atomic E-state index is 5.68. The highest BCUT2D eigenvalue weighted by Crippen LogP contribution is 2.36. The number of fused-ring (bicyclic) bond motifs is 1. The van der Waals surface area contributed by atoms with Gasteiger partial charge in [0.25, 0.3) is 0 Å². The van der Waals surface area contributed by atoms with Crippen molar-refractivity contribution in [3.8, 4) is 11.5 Å². The first-order valence-corrected chi connectivity index (χ1v) is 7.20. The number of ether oxygens (including phenoxy) is 2. The molecule has 0 saturated carbocycles. The third-order valence-corrected chi connectivity index (χ3v) is 3.75. The number of rotatable bonds is 4. The summed E-state index contributed by atoms with van der Waals surface area (Å²) in [5.41, 5.74) is 2.79. The van der Waals surface area contributed by atoms with E-state index < -0.39 is 0 Å². The van der Waals surface area contributed by atoms with Crippen molar-refractivity contribution < 1.29 is 9.47 Å². The number of likely N-dealkylation sites (N-methyl/N-ethyl adjacent to an activating group) is 1. The summed E-state index contributed by atoms with van der Waals surface area (Å²) >= 11 is 0. The van der Waals surface area contributed by atoms with Crippen LogP contribution in [0.25, 0.3) is 0 Å². The Bertz CT molecular complexity index is 482. The predicted molar refractivity (Wildman–Crippen MR) is 75.8 cm³/mol. The van der Waals surface area contributed by atoms with E-state index >= 15 is 0 Å². The van der Waals surface area contributed by atoms with Crippen LogP contribution in [-0.4, -0.2) is 19.8 Å². The van der Waals surface area contributed by atoms with Crippen molar-refractivity contribution in [2.45, 2.75) is 32.2 Å². The van der Waals surface area contributed by atoms with Crippen molar-refractivity contribution in [1.82, 2.24) is 5.32 Å². The monoisotopic (exact) mass is 259 g/mol. The van der Waals surface area contributed by atoms with Gasteiger partial charge in [-0.2, -0.15) is 0 Å². The molecule has 1 unspecified atom stereocenters. The maximum absolute atomic E-state index is 5.68. The zero-order valence-corrected chi connectivity index (χ0v) is 11.4. The van der Waals surface area contributed by atoms with Gasteiger partial charge in [-0.15, -0.1) is 0 Å². The molecule has 0 amide bonds. The zero-order valence-electron chi connectivity index (χ0n) is 11.4. The van der Waals surface area contributed by atoms with E-state index in [0.717, 1.165) is 18.0 Å². The quantitative estimate of drug-likeness (QED) is 0.842. The normalized spacial score (nSPS) is 19.1. The van der Waals surface area contributed by atoms with Crippen LogP contribution < -0.4 is 14.8 Å². The first-order valence-electron chi connectivity index (χ1n) is 7.20. The lowest BCUT2D eigenvalue weighted by Crippen LogP contribution is -2.23. The van der Waals surface area contributed by atoms with Crippen molar-refractivity contribution in [3.05, 3.63) is 35.4 Å². The van der Waals surface area contributed by atoms with Crippen molar-refractivity contribution in [3.63, 3.8) is 0 Å². The number of nitrogens with one attached hydrogen (secondary N) is 1. The molecule has 2 aliphatic rings. The van der Waals surface area contributed by atoms with E-state index in [-0.39, 0.29) is 0 Å². The highest BCUT2D eigenvalue weighted by molar-refractivity contribution is 5.46. The Balaban J connectivity index is 1.89. The Labute approximate surface area is 114 Å². The summed E-state index contributed by atoms with van der Waals surface area (Å²) in [4.78, 5) is 0. The fraction of sp³-hybridized carbons (Fsp3) is 0.500. The SMILES string of the molecule is CCNC(C1=CCCC1)c1ccc2c(c1)OCCO2. The molecule has 19 heavy (non-hydrogen) atoms. The van der Waals surface area contributed by atoms with Gasteiger partial charge < -0.3 is 14.8 Å². The van der Waals surface area contributed by atoms with Crippen molar-refractivity contribution in [2.75, 3.05) is 19.8 Å². The van der Waals surface area contributed by atoms with E-state index in [4.69, 9.17) is 9.47 Å². The molecule has 0 spiro atoms. The first-order chi connectivity index (χ1) is 9.38. The molecule has 0 fully saturated rings. The van der Waals surface area contributed by atoms with Crippen LogP contribution in [0.5, 0.6) is 11.5 Å². The van der Waals surface area contributed by atoms with Crippen LogP contribution in [0.1, 0.15) is 37.8 Å². The Morgan fingerprint density at radius 1 is 1.21 bits per heavy atom. The molecule has 3 rings (SSSR count). The molecule has 1 aromatic rings. The maximum Gasteiger partial charge on any atom is 0.161 e. The minimum atomic E-state index is 0.323. The van der Waals surface area contributed by atoms with E-state index in [1.807, 2.05) is 6.07 Å². The summed E-state index contributed by atoms with van der Waals surface area (Å²) in [5.74, 6) is 1.75. The third kappa shape index (κ3) is 2.61. The van der Waals surface area contributed by atoms with Crippen molar-refractivity contribution in [1.29, 1.82) is 0 Å². The third-order valence-electron chi connectivity index (χ3n) is 3.75. The van der Waals surface area contributed by atoms with Crippen molar-refractivity contribution >= 4 is 0 Å². The van der Waals surface area contributed by atoms with Crippen molar-refractivity contribution in [2.24, 2.45) is 0 Å². The minimum absolute atomic E-state index is 0.323. The van der Waals surface area contributed by atoms with Crippen LogP contribution in [0.4, 0.5) is 0 Å². The average Bonchev–Trinajstić information content (AvgIpc) is 2.98. The highest BCUT2D eigenvalue weighted by Gasteiger charge is 2.20. The zero-order chi connectivity index (χ0) is 13.1. The van der Waals surface area contributed by atoms with Gasteiger partial charge in [-0.05, 0) is 43.5 Å². The Morgan fingerprint density at radius 2 is 2.05 bits per heavy atom. The molecule has 0 bridgehead atoms. The van der Waals surface area contributed by atoms with E-state index in [2.05, 4.69) is 30.4 Å². The van der Waals surface area contributed by atoms with E-state index in [9.17, 15) is 0 Å². The molecule has 1 atom stereocenters. The minimum Gasteiger partial charge on any atom is -0.486 e. The van der Waals surface area contributed by atoms with Gasteiger partial charge in [-0.1, -0.05) is 24.6 Å². The lowest BCUT2D eigenvalue weighted by Gasteiger charge is -2.23. The molecule has 1 aliphatic carbocycles. The molecule has 1 heterocycles. The van der Waals surface area contributed by atoms with Crippen LogP contribution in [0.3, 0.4) is 0 Å². The molecule has 0 radical (unpaired) electrons. The van der Waals surface area contributed by atoms with Gasteiger partial charge in [-0.25, -0.2) is 0 Å². The van der Waals surface area contributed by atoms with Gasteiger partial charge in [0.2, 0.25) is 0 Å². The Hall–Kier alpha value is -1.48. The second-order valence-corrected chi connectivity index (χ2v) is 5.07. The second-order valence-electron chi connectivity index (χ2n) is 5.07. The Kier molecular flexibility index (Phi) is 3.74. The van der Waals surface area contributed by atoms with Crippen LogP contribution in [0.15, 0.2) is 29.8 Å². The summed E-state index contributed by atoms with van der Waals surface area (Å²) in [5, 5.41) is 3.58. The fourth-order valence-electron chi connectivity index (χ4n) is 2.86.